The SMILES string of the molecule is C=C(c1cc(C(C)C)nn1C)N1CCCC(c2cc(C)nc3ncnn23)C1. The van der Waals surface area contributed by atoms with Crippen molar-refractivity contribution in [3.8, 4) is 0 Å². The van der Waals surface area contributed by atoms with Gasteiger partial charge in [0, 0.05) is 31.7 Å². The molecule has 0 spiro atoms. The average molecular weight is 365 g/mol. The number of aryl methyl sites for hydroxylation is 2. The highest BCUT2D eigenvalue weighted by Gasteiger charge is 2.26. The van der Waals surface area contributed by atoms with Crippen LogP contribution >= 0.6 is 0 Å². The summed E-state index contributed by atoms with van der Waals surface area (Å²) in [5.41, 5.74) is 5.41. The van der Waals surface area contributed by atoms with E-state index >= 15 is 0 Å². The van der Waals surface area contributed by atoms with Crippen molar-refractivity contribution in [2.75, 3.05) is 13.1 Å². The Bertz CT molecular complexity index is 982. The molecule has 0 bridgehead atoms. The fraction of sp³-hybridized carbons (Fsp3) is 0.500. The van der Waals surface area contributed by atoms with Crippen LogP contribution in [0, 0.1) is 6.92 Å². The quantitative estimate of drug-likeness (QED) is 0.711. The van der Waals surface area contributed by atoms with Gasteiger partial charge >= 0.3 is 0 Å². The third-order valence-electron chi connectivity index (χ3n) is 5.41. The molecular formula is C20H27N7. The van der Waals surface area contributed by atoms with Gasteiger partial charge in [-0.3, -0.25) is 4.68 Å². The van der Waals surface area contributed by atoms with Gasteiger partial charge in [-0.05, 0) is 37.8 Å². The standard InChI is InChI=1S/C20H27N7/c1-13(2)17-10-18(25(5)24-17)15(4)26-8-6-7-16(11-26)19-9-14(3)23-20-21-12-22-27(19)20/h9-10,12-13,16H,4,6-8,11H2,1-3,5H3. The molecule has 4 rings (SSSR count). The number of rotatable bonds is 4. The van der Waals surface area contributed by atoms with Crippen LogP contribution in [0.5, 0.6) is 0 Å². The summed E-state index contributed by atoms with van der Waals surface area (Å²) in [6.07, 6.45) is 3.83. The van der Waals surface area contributed by atoms with E-state index in [4.69, 9.17) is 0 Å². The van der Waals surface area contributed by atoms with Crippen LogP contribution in [-0.4, -0.2) is 47.4 Å². The number of piperidine rings is 1. The van der Waals surface area contributed by atoms with Crippen molar-refractivity contribution in [3.05, 3.63) is 47.8 Å². The number of hydrogen-bond donors (Lipinski definition) is 0. The summed E-state index contributed by atoms with van der Waals surface area (Å²) in [5, 5.41) is 9.04. The molecule has 0 radical (unpaired) electrons. The van der Waals surface area contributed by atoms with Gasteiger partial charge in [0.2, 0.25) is 0 Å². The molecule has 1 fully saturated rings. The summed E-state index contributed by atoms with van der Waals surface area (Å²) in [6.45, 7) is 12.7. The molecular weight excluding hydrogens is 338 g/mol. The number of aromatic nitrogens is 6. The lowest BCUT2D eigenvalue weighted by Crippen LogP contribution is -2.34. The van der Waals surface area contributed by atoms with Crippen molar-refractivity contribution in [2.24, 2.45) is 7.05 Å². The molecule has 0 N–H and O–H groups in total. The van der Waals surface area contributed by atoms with E-state index in [0.717, 1.165) is 48.7 Å². The molecule has 142 valence electrons. The molecule has 0 aromatic carbocycles. The number of hydrogen-bond acceptors (Lipinski definition) is 5. The Labute approximate surface area is 159 Å². The molecule has 0 aliphatic carbocycles. The van der Waals surface area contributed by atoms with Gasteiger partial charge in [-0.25, -0.2) is 9.50 Å². The maximum absolute atomic E-state index is 4.65. The van der Waals surface area contributed by atoms with E-state index < -0.39 is 0 Å². The van der Waals surface area contributed by atoms with Gasteiger partial charge in [-0.15, -0.1) is 0 Å². The predicted molar refractivity (Wildman–Crippen MR) is 105 cm³/mol. The van der Waals surface area contributed by atoms with Crippen LogP contribution in [0.15, 0.2) is 25.0 Å². The van der Waals surface area contributed by atoms with Crippen LogP contribution in [0.25, 0.3) is 11.5 Å². The summed E-state index contributed by atoms with van der Waals surface area (Å²) < 4.78 is 3.83. The first kappa shape index (κ1) is 17.7. The second-order valence-corrected chi connectivity index (χ2v) is 7.76. The lowest BCUT2D eigenvalue weighted by atomic mass is 9.93. The van der Waals surface area contributed by atoms with E-state index in [1.54, 1.807) is 6.33 Å². The van der Waals surface area contributed by atoms with E-state index in [1.165, 1.54) is 5.69 Å². The van der Waals surface area contributed by atoms with Crippen LogP contribution in [0.3, 0.4) is 0 Å². The van der Waals surface area contributed by atoms with Crippen molar-refractivity contribution in [1.29, 1.82) is 0 Å². The molecule has 1 aliphatic rings. The van der Waals surface area contributed by atoms with Gasteiger partial charge in [0.05, 0.1) is 22.8 Å². The smallest absolute Gasteiger partial charge is 0.252 e. The third-order valence-corrected chi connectivity index (χ3v) is 5.41. The predicted octanol–water partition coefficient (Wildman–Crippen LogP) is 3.14. The average Bonchev–Trinajstić information content (AvgIpc) is 3.27. The Morgan fingerprint density at radius 1 is 1.30 bits per heavy atom. The summed E-state index contributed by atoms with van der Waals surface area (Å²) in [5.74, 6) is 1.46. The summed E-state index contributed by atoms with van der Waals surface area (Å²) >= 11 is 0. The van der Waals surface area contributed by atoms with Gasteiger partial charge in [-0.2, -0.15) is 15.2 Å². The molecule has 3 aromatic rings. The summed E-state index contributed by atoms with van der Waals surface area (Å²) in [7, 11) is 2.00. The minimum atomic E-state index is 0.374. The maximum atomic E-state index is 4.65. The molecule has 7 heteroatoms. The van der Waals surface area contributed by atoms with Crippen molar-refractivity contribution in [3.63, 3.8) is 0 Å². The Morgan fingerprint density at radius 2 is 2.11 bits per heavy atom. The van der Waals surface area contributed by atoms with E-state index in [2.05, 4.69) is 57.6 Å². The first-order chi connectivity index (χ1) is 12.9. The molecule has 4 heterocycles. The third kappa shape index (κ3) is 3.22. The van der Waals surface area contributed by atoms with Crippen LogP contribution in [0.4, 0.5) is 0 Å². The zero-order valence-electron chi connectivity index (χ0n) is 16.6. The second kappa shape index (κ2) is 6.79. The molecule has 1 unspecified atom stereocenters. The highest BCUT2D eigenvalue weighted by atomic mass is 15.3. The Balaban J connectivity index is 1.61. The fourth-order valence-electron chi connectivity index (χ4n) is 3.92. The lowest BCUT2D eigenvalue weighted by Gasteiger charge is -2.35. The first-order valence-electron chi connectivity index (χ1n) is 9.59. The fourth-order valence-corrected chi connectivity index (χ4v) is 3.92. The highest BCUT2D eigenvalue weighted by molar-refractivity contribution is 5.59. The van der Waals surface area contributed by atoms with Gasteiger partial charge in [0.15, 0.2) is 0 Å². The molecule has 1 atom stereocenters. The van der Waals surface area contributed by atoms with Crippen LogP contribution < -0.4 is 0 Å². The Hall–Kier alpha value is -2.70. The molecule has 27 heavy (non-hydrogen) atoms. The highest BCUT2D eigenvalue weighted by Crippen LogP contribution is 2.31. The second-order valence-electron chi connectivity index (χ2n) is 7.76. The first-order valence-corrected chi connectivity index (χ1v) is 9.59. The monoisotopic (exact) mass is 365 g/mol. The van der Waals surface area contributed by atoms with Crippen molar-refractivity contribution in [1.82, 2.24) is 34.3 Å². The van der Waals surface area contributed by atoms with Crippen molar-refractivity contribution < 1.29 is 0 Å². The molecule has 0 saturated carbocycles. The zero-order chi connectivity index (χ0) is 19.1. The van der Waals surface area contributed by atoms with Gasteiger partial charge in [0.25, 0.3) is 5.78 Å². The zero-order valence-corrected chi connectivity index (χ0v) is 16.6. The van der Waals surface area contributed by atoms with E-state index in [-0.39, 0.29) is 0 Å². The molecule has 7 nitrogen and oxygen atoms in total. The van der Waals surface area contributed by atoms with E-state index in [0.29, 0.717) is 17.6 Å². The Morgan fingerprint density at radius 3 is 2.85 bits per heavy atom. The topological polar surface area (TPSA) is 64.1 Å². The molecule has 0 amide bonds. The molecule has 1 aliphatic heterocycles. The van der Waals surface area contributed by atoms with Gasteiger partial charge < -0.3 is 4.90 Å². The number of likely N-dealkylation sites (tertiary alicyclic amines) is 1. The number of nitrogens with zero attached hydrogens (tertiary/aromatic N) is 7. The summed E-state index contributed by atoms with van der Waals surface area (Å²) in [6, 6.07) is 4.31. The van der Waals surface area contributed by atoms with Gasteiger partial charge in [0.1, 0.15) is 6.33 Å². The van der Waals surface area contributed by atoms with Crippen LogP contribution in [-0.2, 0) is 7.05 Å². The minimum absolute atomic E-state index is 0.374. The van der Waals surface area contributed by atoms with Gasteiger partial charge in [-0.1, -0.05) is 20.4 Å². The largest absolute Gasteiger partial charge is 0.370 e. The summed E-state index contributed by atoms with van der Waals surface area (Å²) in [4.78, 5) is 11.1. The van der Waals surface area contributed by atoms with Crippen LogP contribution in [0.1, 0.15) is 61.3 Å². The molecule has 3 aromatic heterocycles. The normalized spacial score (nSPS) is 17.8. The van der Waals surface area contributed by atoms with E-state index in [9.17, 15) is 0 Å². The maximum Gasteiger partial charge on any atom is 0.252 e. The minimum Gasteiger partial charge on any atom is -0.370 e. The van der Waals surface area contributed by atoms with Crippen LogP contribution in [0.2, 0.25) is 0 Å². The van der Waals surface area contributed by atoms with E-state index in [1.807, 2.05) is 23.2 Å². The Kier molecular flexibility index (Phi) is 4.45. The van der Waals surface area contributed by atoms with Crippen molar-refractivity contribution in [2.45, 2.75) is 45.4 Å². The van der Waals surface area contributed by atoms with Crippen molar-refractivity contribution >= 4 is 11.5 Å². The lowest BCUT2D eigenvalue weighted by molar-refractivity contribution is 0.288. The number of fused-ring (bicyclic) bond motifs is 1. The molecule has 1 saturated heterocycles.